The number of fused-ring (bicyclic) bond motifs is 1. The van der Waals surface area contributed by atoms with E-state index < -0.39 is 0 Å². The zero-order valence-corrected chi connectivity index (χ0v) is 13.9. The molecule has 124 valence electrons. The molecular formula is C19H18ClFN2O. The molecule has 4 rings (SSSR count). The maximum Gasteiger partial charge on any atom is 0.224 e. The first-order chi connectivity index (χ1) is 11.6. The summed E-state index contributed by atoms with van der Waals surface area (Å²) >= 11 is 6.08. The van der Waals surface area contributed by atoms with Gasteiger partial charge in [-0.25, -0.2) is 4.39 Å². The molecule has 1 fully saturated rings. The summed E-state index contributed by atoms with van der Waals surface area (Å²) in [7, 11) is 0. The molecule has 0 spiro atoms. The van der Waals surface area contributed by atoms with E-state index in [-0.39, 0.29) is 23.6 Å². The molecule has 2 aromatic carbocycles. The average molecular weight is 345 g/mol. The van der Waals surface area contributed by atoms with E-state index in [1.54, 1.807) is 12.1 Å². The number of rotatable bonds is 4. The third-order valence-corrected chi connectivity index (χ3v) is 5.20. The molecule has 0 aromatic heterocycles. The second-order valence-corrected chi connectivity index (χ2v) is 6.92. The highest BCUT2D eigenvalue weighted by atomic mass is 35.5. The van der Waals surface area contributed by atoms with Crippen LogP contribution in [0.4, 0.5) is 4.39 Å². The Bertz CT molecular complexity index is 788. The van der Waals surface area contributed by atoms with Crippen molar-refractivity contribution in [1.29, 1.82) is 0 Å². The van der Waals surface area contributed by atoms with Crippen LogP contribution in [0.3, 0.4) is 0 Å². The lowest BCUT2D eigenvalue weighted by Gasteiger charge is -2.08. The van der Waals surface area contributed by atoms with E-state index in [9.17, 15) is 9.18 Å². The Labute approximate surface area is 145 Å². The summed E-state index contributed by atoms with van der Waals surface area (Å²) in [6, 6.07) is 10.9. The van der Waals surface area contributed by atoms with E-state index in [0.29, 0.717) is 23.6 Å². The van der Waals surface area contributed by atoms with Crippen molar-refractivity contribution in [2.24, 2.45) is 5.92 Å². The molecule has 2 aliphatic rings. The monoisotopic (exact) mass is 344 g/mol. The molecule has 24 heavy (non-hydrogen) atoms. The van der Waals surface area contributed by atoms with Crippen LogP contribution in [-0.4, -0.2) is 5.91 Å². The predicted molar refractivity (Wildman–Crippen MR) is 91.1 cm³/mol. The Morgan fingerprint density at radius 3 is 2.92 bits per heavy atom. The third-order valence-electron chi connectivity index (χ3n) is 4.87. The first kappa shape index (κ1) is 15.6. The van der Waals surface area contributed by atoms with E-state index >= 15 is 0 Å². The lowest BCUT2D eigenvalue weighted by Crippen LogP contribution is -2.25. The molecule has 2 atom stereocenters. The van der Waals surface area contributed by atoms with Crippen molar-refractivity contribution in [3.05, 3.63) is 69.5 Å². The number of carbonyl (C=O) groups excluding carboxylic acids is 1. The number of halogens is 2. The lowest BCUT2D eigenvalue weighted by atomic mass is 10.1. The number of benzene rings is 2. The van der Waals surface area contributed by atoms with E-state index in [1.807, 2.05) is 6.07 Å². The Morgan fingerprint density at radius 2 is 2.08 bits per heavy atom. The van der Waals surface area contributed by atoms with Crippen LogP contribution in [0.25, 0.3) is 0 Å². The predicted octanol–water partition coefficient (Wildman–Crippen LogP) is 3.50. The van der Waals surface area contributed by atoms with Crippen LogP contribution >= 0.6 is 11.6 Å². The first-order valence-corrected chi connectivity index (χ1v) is 8.54. The van der Waals surface area contributed by atoms with E-state index in [0.717, 1.165) is 18.7 Å². The van der Waals surface area contributed by atoms with Gasteiger partial charge < -0.3 is 10.6 Å². The lowest BCUT2D eigenvalue weighted by molar-refractivity contribution is -0.122. The van der Waals surface area contributed by atoms with Crippen molar-refractivity contribution in [2.75, 3.05) is 0 Å². The van der Waals surface area contributed by atoms with Gasteiger partial charge in [-0.1, -0.05) is 35.9 Å². The quantitative estimate of drug-likeness (QED) is 0.891. The van der Waals surface area contributed by atoms with Crippen molar-refractivity contribution in [1.82, 2.24) is 10.6 Å². The normalized spacial score (nSPS) is 21.4. The van der Waals surface area contributed by atoms with Crippen LogP contribution in [0, 0.1) is 11.7 Å². The molecule has 0 bridgehead atoms. The fourth-order valence-electron chi connectivity index (χ4n) is 3.45. The molecule has 0 radical (unpaired) electrons. The maximum absolute atomic E-state index is 13.9. The Morgan fingerprint density at radius 1 is 1.25 bits per heavy atom. The summed E-state index contributed by atoms with van der Waals surface area (Å²) in [6.45, 7) is 2.29. The molecule has 0 saturated heterocycles. The van der Waals surface area contributed by atoms with Gasteiger partial charge in [0.25, 0.3) is 0 Å². The third kappa shape index (κ3) is 2.92. The topological polar surface area (TPSA) is 41.1 Å². The number of hydrogen-bond donors (Lipinski definition) is 2. The van der Waals surface area contributed by atoms with Crippen LogP contribution in [0.2, 0.25) is 5.02 Å². The van der Waals surface area contributed by atoms with Crippen molar-refractivity contribution >= 4 is 17.5 Å². The second-order valence-electron chi connectivity index (χ2n) is 6.51. The molecule has 3 nitrogen and oxygen atoms in total. The summed E-state index contributed by atoms with van der Waals surface area (Å²) < 4.78 is 13.9. The highest BCUT2D eigenvalue weighted by Gasteiger charge is 2.46. The molecule has 1 amide bonds. The van der Waals surface area contributed by atoms with Gasteiger partial charge in [0.15, 0.2) is 0 Å². The van der Waals surface area contributed by atoms with Crippen molar-refractivity contribution < 1.29 is 9.18 Å². The minimum absolute atomic E-state index is 0.0297. The molecule has 1 saturated carbocycles. The van der Waals surface area contributed by atoms with E-state index in [4.69, 9.17) is 11.6 Å². The molecular weight excluding hydrogens is 327 g/mol. The Hall–Kier alpha value is -1.91. The Kier molecular flexibility index (Phi) is 4.02. The van der Waals surface area contributed by atoms with Crippen LogP contribution in [0.15, 0.2) is 36.4 Å². The standard InChI is InChI=1S/C19H18ClFN2O/c20-16-2-1-3-17(21)18(16)14-7-15(14)19(24)23-8-11-4-5-12-9-22-10-13(12)6-11/h1-6,14-15,22H,7-10H2,(H,23,24). The number of hydrogen-bond acceptors (Lipinski definition) is 2. The van der Waals surface area contributed by atoms with Crippen molar-refractivity contribution in [3.63, 3.8) is 0 Å². The molecule has 1 heterocycles. The van der Waals surface area contributed by atoms with Gasteiger partial charge in [-0.3, -0.25) is 4.79 Å². The number of amides is 1. The van der Waals surface area contributed by atoms with Crippen LogP contribution in [-0.2, 0) is 24.4 Å². The van der Waals surface area contributed by atoms with Gasteiger partial charge in [0, 0.05) is 42.1 Å². The number of carbonyl (C=O) groups is 1. The van der Waals surface area contributed by atoms with Crippen LogP contribution in [0.1, 0.15) is 34.6 Å². The molecule has 2 aromatic rings. The van der Waals surface area contributed by atoms with Crippen molar-refractivity contribution in [3.8, 4) is 0 Å². The van der Waals surface area contributed by atoms with Gasteiger partial charge >= 0.3 is 0 Å². The van der Waals surface area contributed by atoms with Gasteiger partial charge in [-0.05, 0) is 35.2 Å². The average Bonchev–Trinajstić information content (AvgIpc) is 3.20. The maximum atomic E-state index is 13.9. The van der Waals surface area contributed by atoms with Gasteiger partial charge in [-0.15, -0.1) is 0 Å². The number of nitrogens with one attached hydrogen (secondary N) is 2. The van der Waals surface area contributed by atoms with Crippen LogP contribution < -0.4 is 10.6 Å². The zero-order chi connectivity index (χ0) is 16.7. The van der Waals surface area contributed by atoms with Crippen LogP contribution in [0.5, 0.6) is 0 Å². The first-order valence-electron chi connectivity index (χ1n) is 8.16. The fourth-order valence-corrected chi connectivity index (χ4v) is 3.75. The molecule has 1 aliphatic carbocycles. The fraction of sp³-hybridized carbons (Fsp3) is 0.316. The summed E-state index contributed by atoms with van der Waals surface area (Å²) in [5.41, 5.74) is 4.18. The molecule has 1 aliphatic heterocycles. The van der Waals surface area contributed by atoms with Gasteiger partial charge in [0.1, 0.15) is 5.82 Å². The summed E-state index contributed by atoms with van der Waals surface area (Å²) in [5, 5.41) is 6.68. The van der Waals surface area contributed by atoms with Gasteiger partial charge in [0.05, 0.1) is 0 Å². The van der Waals surface area contributed by atoms with E-state index in [2.05, 4.69) is 22.8 Å². The largest absolute Gasteiger partial charge is 0.352 e. The SMILES string of the molecule is O=C(NCc1ccc2c(c1)CNC2)C1CC1c1c(F)cccc1Cl. The zero-order valence-electron chi connectivity index (χ0n) is 13.1. The van der Waals surface area contributed by atoms with E-state index in [1.165, 1.54) is 17.2 Å². The summed E-state index contributed by atoms with van der Waals surface area (Å²) in [6.07, 6.45) is 0.653. The van der Waals surface area contributed by atoms with Gasteiger partial charge in [0.2, 0.25) is 5.91 Å². The minimum atomic E-state index is -0.325. The Balaban J connectivity index is 1.38. The minimum Gasteiger partial charge on any atom is -0.352 e. The molecule has 5 heteroatoms. The van der Waals surface area contributed by atoms with Crippen molar-refractivity contribution in [2.45, 2.75) is 32.0 Å². The summed E-state index contributed by atoms with van der Waals surface area (Å²) in [5.74, 6) is -0.648. The summed E-state index contributed by atoms with van der Waals surface area (Å²) in [4.78, 5) is 12.3. The second kappa shape index (κ2) is 6.19. The highest BCUT2D eigenvalue weighted by molar-refractivity contribution is 6.31. The molecule has 2 unspecified atom stereocenters. The van der Waals surface area contributed by atoms with Gasteiger partial charge in [-0.2, -0.15) is 0 Å². The smallest absolute Gasteiger partial charge is 0.224 e. The highest BCUT2D eigenvalue weighted by Crippen LogP contribution is 2.50. The molecule has 2 N–H and O–H groups in total.